The van der Waals surface area contributed by atoms with Crippen molar-refractivity contribution in [1.82, 2.24) is 4.98 Å². The standard InChI is InChI=1S/C13H11N3S3.H4NP/c14-6-1-4-9-10(5-6)19-13(16-9)7-2-3-8(15)12(18)11(7)17;1-2/h1-5,17-18H,14-15H2;1-2H2. The van der Waals surface area contributed by atoms with Gasteiger partial charge in [0.2, 0.25) is 0 Å². The molecule has 0 aliphatic rings. The fourth-order valence-corrected chi connectivity index (χ4v) is 3.45. The van der Waals surface area contributed by atoms with Crippen molar-refractivity contribution < 1.29 is 0 Å². The summed E-state index contributed by atoms with van der Waals surface area (Å²) < 4.78 is 1.06. The second-order valence-corrected chi connectivity index (χ2v) is 6.07. The lowest BCUT2D eigenvalue weighted by molar-refractivity contribution is 1.27. The van der Waals surface area contributed by atoms with Gasteiger partial charge >= 0.3 is 0 Å². The van der Waals surface area contributed by atoms with Gasteiger partial charge in [-0.3, -0.25) is 0 Å². The Morgan fingerprint density at radius 3 is 2.43 bits per heavy atom. The van der Waals surface area contributed by atoms with E-state index in [4.69, 9.17) is 11.5 Å². The number of anilines is 2. The van der Waals surface area contributed by atoms with Gasteiger partial charge in [-0.05, 0) is 30.3 Å². The normalized spacial score (nSPS) is 10.3. The first-order valence-electron chi connectivity index (χ1n) is 5.86. The first-order chi connectivity index (χ1) is 10.1. The number of nitrogens with two attached hydrogens (primary N) is 3. The van der Waals surface area contributed by atoms with E-state index in [2.05, 4.69) is 35.7 Å². The first-order valence-corrected chi connectivity index (χ1v) is 8.24. The van der Waals surface area contributed by atoms with Gasteiger partial charge in [-0.15, -0.1) is 36.6 Å². The van der Waals surface area contributed by atoms with Crippen molar-refractivity contribution in [3.8, 4) is 10.6 Å². The number of hydrogen-bond acceptors (Lipinski definition) is 7. The number of hydrogen-bond donors (Lipinski definition) is 5. The topological polar surface area (TPSA) is 91.0 Å². The highest BCUT2D eigenvalue weighted by atomic mass is 32.1. The Hall–Kier alpha value is -0.980. The van der Waals surface area contributed by atoms with E-state index in [-0.39, 0.29) is 0 Å². The van der Waals surface area contributed by atoms with Gasteiger partial charge in [-0.2, -0.15) is 0 Å². The molecule has 0 fully saturated rings. The molecular weight excluding hydrogens is 339 g/mol. The van der Waals surface area contributed by atoms with Crippen LogP contribution < -0.4 is 17.0 Å². The zero-order valence-electron chi connectivity index (χ0n) is 10.9. The summed E-state index contributed by atoms with van der Waals surface area (Å²) in [7, 11) is 1.92. The van der Waals surface area contributed by atoms with Crippen molar-refractivity contribution in [1.29, 1.82) is 0 Å². The lowest BCUT2D eigenvalue weighted by atomic mass is 10.2. The third-order valence-electron chi connectivity index (χ3n) is 2.83. The van der Waals surface area contributed by atoms with Crippen LogP contribution in [0.4, 0.5) is 11.4 Å². The maximum absolute atomic E-state index is 5.80. The molecule has 1 heterocycles. The number of fused-ring (bicyclic) bond motifs is 1. The Bertz CT molecular complexity index is 788. The summed E-state index contributed by atoms with van der Waals surface area (Å²) >= 11 is 10.4. The summed E-state index contributed by atoms with van der Waals surface area (Å²) in [5.74, 6) is 0. The molecule has 0 radical (unpaired) electrons. The molecule has 1 atom stereocenters. The number of nitrogens with zero attached hydrogens (tertiary/aromatic N) is 1. The van der Waals surface area contributed by atoms with E-state index in [1.54, 1.807) is 11.3 Å². The maximum atomic E-state index is 5.80. The molecule has 4 nitrogen and oxygen atoms in total. The van der Waals surface area contributed by atoms with Crippen molar-refractivity contribution in [2.24, 2.45) is 5.50 Å². The summed E-state index contributed by atoms with van der Waals surface area (Å²) in [5.41, 5.74) is 19.2. The lowest BCUT2D eigenvalue weighted by Crippen LogP contribution is -1.89. The van der Waals surface area contributed by atoms with Gasteiger partial charge in [0.25, 0.3) is 0 Å². The highest BCUT2D eigenvalue weighted by Crippen LogP contribution is 2.38. The third-order valence-corrected chi connectivity index (χ3v) is 5.00. The van der Waals surface area contributed by atoms with Crippen molar-refractivity contribution in [2.75, 3.05) is 11.5 Å². The molecular formula is C13H15N4PS3. The van der Waals surface area contributed by atoms with Crippen molar-refractivity contribution in [3.63, 3.8) is 0 Å². The second kappa shape index (κ2) is 6.85. The Morgan fingerprint density at radius 1 is 1.00 bits per heavy atom. The van der Waals surface area contributed by atoms with E-state index >= 15 is 0 Å². The zero-order valence-corrected chi connectivity index (χ0v) is 14.7. The molecule has 21 heavy (non-hydrogen) atoms. The molecule has 0 saturated heterocycles. The minimum Gasteiger partial charge on any atom is -0.399 e. The molecule has 2 aromatic carbocycles. The van der Waals surface area contributed by atoms with Crippen LogP contribution in [0.25, 0.3) is 20.8 Å². The summed E-state index contributed by atoms with van der Waals surface area (Å²) in [5, 5.41) is 0.890. The molecule has 0 amide bonds. The average Bonchev–Trinajstić information content (AvgIpc) is 2.89. The van der Waals surface area contributed by atoms with Gasteiger partial charge in [-0.1, -0.05) is 9.39 Å². The number of thiol groups is 2. The highest BCUT2D eigenvalue weighted by molar-refractivity contribution is 7.83. The van der Waals surface area contributed by atoms with Crippen LogP contribution in [0.3, 0.4) is 0 Å². The average molecular weight is 354 g/mol. The summed E-state index contributed by atoms with van der Waals surface area (Å²) in [6.07, 6.45) is 0. The van der Waals surface area contributed by atoms with E-state index < -0.39 is 0 Å². The molecule has 6 N–H and O–H groups in total. The summed E-state index contributed by atoms with van der Waals surface area (Å²) in [6, 6.07) is 9.42. The van der Waals surface area contributed by atoms with Crippen molar-refractivity contribution in [3.05, 3.63) is 30.3 Å². The highest BCUT2D eigenvalue weighted by Gasteiger charge is 2.12. The molecule has 1 unspecified atom stereocenters. The fraction of sp³-hybridized carbons (Fsp3) is 0. The van der Waals surface area contributed by atoms with E-state index in [0.717, 1.165) is 31.4 Å². The van der Waals surface area contributed by atoms with Gasteiger partial charge < -0.3 is 17.0 Å². The van der Waals surface area contributed by atoms with E-state index in [1.165, 1.54) is 0 Å². The van der Waals surface area contributed by atoms with Gasteiger partial charge in [-0.25, -0.2) is 4.98 Å². The van der Waals surface area contributed by atoms with Crippen LogP contribution in [-0.4, -0.2) is 4.98 Å². The lowest BCUT2D eigenvalue weighted by Gasteiger charge is -2.06. The molecule has 3 rings (SSSR count). The van der Waals surface area contributed by atoms with Crippen LogP contribution in [0, 0.1) is 0 Å². The SMILES string of the molecule is NP.Nc1ccc2nc(-c3ccc(N)c(S)c3S)sc2c1. The minimum atomic E-state index is 0.613. The Kier molecular flexibility index (Phi) is 5.35. The molecule has 0 saturated carbocycles. The molecule has 0 spiro atoms. The van der Waals surface area contributed by atoms with Gasteiger partial charge in [0.15, 0.2) is 0 Å². The van der Waals surface area contributed by atoms with Gasteiger partial charge in [0.1, 0.15) is 5.01 Å². The van der Waals surface area contributed by atoms with Gasteiger partial charge in [0.05, 0.1) is 10.2 Å². The number of nitrogen functional groups attached to an aromatic ring is 2. The van der Waals surface area contributed by atoms with Crippen LogP contribution in [0.15, 0.2) is 40.1 Å². The third kappa shape index (κ3) is 3.27. The van der Waals surface area contributed by atoms with Crippen LogP contribution in [0.2, 0.25) is 0 Å². The Balaban J connectivity index is 0.000000774. The van der Waals surface area contributed by atoms with Crippen LogP contribution in [0.5, 0.6) is 0 Å². The zero-order chi connectivity index (χ0) is 15.6. The number of thiazole rings is 1. The Labute approximate surface area is 140 Å². The minimum absolute atomic E-state index is 0.613. The summed E-state index contributed by atoms with van der Waals surface area (Å²) in [4.78, 5) is 6.02. The van der Waals surface area contributed by atoms with E-state index in [1.807, 2.05) is 39.7 Å². The monoisotopic (exact) mass is 354 g/mol. The van der Waals surface area contributed by atoms with Crippen LogP contribution in [-0.2, 0) is 0 Å². The summed E-state index contributed by atoms with van der Waals surface area (Å²) in [6.45, 7) is 0. The second-order valence-electron chi connectivity index (χ2n) is 4.15. The molecule has 1 aromatic heterocycles. The molecule has 3 aromatic rings. The molecule has 0 aliphatic carbocycles. The van der Waals surface area contributed by atoms with Crippen molar-refractivity contribution in [2.45, 2.75) is 9.79 Å². The molecule has 8 heteroatoms. The molecule has 0 aliphatic heterocycles. The van der Waals surface area contributed by atoms with Crippen LogP contribution in [0.1, 0.15) is 0 Å². The predicted octanol–water partition coefficient (Wildman–Crippen LogP) is 3.44. The number of rotatable bonds is 1. The van der Waals surface area contributed by atoms with E-state index in [9.17, 15) is 0 Å². The molecule has 110 valence electrons. The van der Waals surface area contributed by atoms with Crippen molar-refractivity contribution >= 4 is 67.6 Å². The van der Waals surface area contributed by atoms with Gasteiger partial charge in [0, 0.05) is 26.7 Å². The van der Waals surface area contributed by atoms with E-state index in [0.29, 0.717) is 10.6 Å². The largest absolute Gasteiger partial charge is 0.399 e. The number of aromatic nitrogens is 1. The fourth-order valence-electron chi connectivity index (χ4n) is 1.82. The molecule has 0 bridgehead atoms. The predicted molar refractivity (Wildman–Crippen MR) is 102 cm³/mol. The number of benzene rings is 2. The quantitative estimate of drug-likeness (QED) is 0.263. The smallest absolute Gasteiger partial charge is 0.125 e. The maximum Gasteiger partial charge on any atom is 0.125 e. The Morgan fingerprint density at radius 2 is 1.71 bits per heavy atom. The first kappa shape index (κ1) is 16.4. The van der Waals surface area contributed by atoms with Crippen LogP contribution >= 0.6 is 46.0 Å².